The first kappa shape index (κ1) is 20.7. The van der Waals surface area contributed by atoms with Crippen molar-refractivity contribution in [1.82, 2.24) is 5.32 Å². The van der Waals surface area contributed by atoms with Crippen molar-refractivity contribution in [3.8, 4) is 0 Å². The summed E-state index contributed by atoms with van der Waals surface area (Å²) >= 11 is 12.0. The Morgan fingerprint density at radius 1 is 0.963 bits per heavy atom. The Bertz CT molecular complexity index is 884. The standard InChI is InChI=1S/C19H19Cl2N3O3/c1-10(2)16(24-18(26)13-5-3-4-6-14(13)20)19(27)23-11-7-8-12(17(22)25)15(21)9-11/h3-10,16H,1-2H3,(H2,22,25)(H,23,27)(H,24,26). The van der Waals surface area contributed by atoms with Gasteiger partial charge < -0.3 is 16.4 Å². The van der Waals surface area contributed by atoms with Gasteiger partial charge in [-0.2, -0.15) is 0 Å². The molecule has 0 radical (unpaired) electrons. The SMILES string of the molecule is CC(C)C(NC(=O)c1ccccc1Cl)C(=O)Nc1ccc(C(N)=O)c(Cl)c1. The third-order valence-corrected chi connectivity index (χ3v) is 4.50. The fraction of sp³-hybridized carbons (Fsp3) is 0.211. The first-order valence-electron chi connectivity index (χ1n) is 8.16. The summed E-state index contributed by atoms with van der Waals surface area (Å²) in [5.74, 6) is -1.72. The van der Waals surface area contributed by atoms with Crippen molar-refractivity contribution in [2.24, 2.45) is 11.7 Å². The summed E-state index contributed by atoms with van der Waals surface area (Å²) in [6, 6.07) is 10.1. The van der Waals surface area contributed by atoms with E-state index in [0.717, 1.165) is 0 Å². The molecule has 6 nitrogen and oxygen atoms in total. The molecule has 8 heteroatoms. The van der Waals surface area contributed by atoms with E-state index in [1.54, 1.807) is 38.1 Å². The van der Waals surface area contributed by atoms with Crippen LogP contribution in [0.5, 0.6) is 0 Å². The highest BCUT2D eigenvalue weighted by atomic mass is 35.5. The van der Waals surface area contributed by atoms with Crippen LogP contribution in [0, 0.1) is 5.92 Å². The Kier molecular flexibility index (Phi) is 6.82. The highest BCUT2D eigenvalue weighted by Crippen LogP contribution is 2.21. The minimum atomic E-state index is -0.802. The molecule has 3 amide bonds. The quantitative estimate of drug-likeness (QED) is 0.682. The van der Waals surface area contributed by atoms with E-state index in [-0.39, 0.29) is 22.1 Å². The lowest BCUT2D eigenvalue weighted by molar-refractivity contribution is -0.118. The van der Waals surface area contributed by atoms with Crippen molar-refractivity contribution in [3.63, 3.8) is 0 Å². The molecule has 0 bridgehead atoms. The van der Waals surface area contributed by atoms with E-state index in [1.807, 2.05) is 0 Å². The maximum absolute atomic E-state index is 12.6. The van der Waals surface area contributed by atoms with Gasteiger partial charge in [-0.1, -0.05) is 49.2 Å². The summed E-state index contributed by atoms with van der Waals surface area (Å²) in [6.07, 6.45) is 0. The number of amides is 3. The Morgan fingerprint density at radius 2 is 1.63 bits per heavy atom. The lowest BCUT2D eigenvalue weighted by atomic mass is 10.0. The third-order valence-electron chi connectivity index (χ3n) is 3.86. The number of hydrogen-bond donors (Lipinski definition) is 3. The van der Waals surface area contributed by atoms with Crippen LogP contribution in [0.15, 0.2) is 42.5 Å². The van der Waals surface area contributed by atoms with Crippen molar-refractivity contribution in [2.75, 3.05) is 5.32 Å². The number of carbonyl (C=O) groups is 3. The van der Waals surface area contributed by atoms with Gasteiger partial charge in [-0.05, 0) is 36.2 Å². The van der Waals surface area contributed by atoms with E-state index in [0.29, 0.717) is 10.7 Å². The van der Waals surface area contributed by atoms with Crippen LogP contribution in [0.2, 0.25) is 10.0 Å². The maximum atomic E-state index is 12.6. The van der Waals surface area contributed by atoms with E-state index in [1.165, 1.54) is 18.2 Å². The maximum Gasteiger partial charge on any atom is 0.253 e. The predicted molar refractivity (Wildman–Crippen MR) is 106 cm³/mol. The van der Waals surface area contributed by atoms with Crippen LogP contribution in [-0.4, -0.2) is 23.8 Å². The highest BCUT2D eigenvalue weighted by Gasteiger charge is 2.25. The summed E-state index contributed by atoms with van der Waals surface area (Å²) in [7, 11) is 0. The molecule has 0 heterocycles. The van der Waals surface area contributed by atoms with Crippen molar-refractivity contribution < 1.29 is 14.4 Å². The average Bonchev–Trinajstić information content (AvgIpc) is 2.59. The zero-order valence-electron chi connectivity index (χ0n) is 14.8. The highest BCUT2D eigenvalue weighted by molar-refractivity contribution is 6.34. The molecule has 0 saturated heterocycles. The molecule has 1 unspecified atom stereocenters. The number of benzene rings is 2. The van der Waals surface area contributed by atoms with Gasteiger partial charge in [0.1, 0.15) is 6.04 Å². The van der Waals surface area contributed by atoms with E-state index >= 15 is 0 Å². The van der Waals surface area contributed by atoms with Gasteiger partial charge in [0.25, 0.3) is 5.91 Å². The van der Waals surface area contributed by atoms with Gasteiger partial charge >= 0.3 is 0 Å². The van der Waals surface area contributed by atoms with Crippen molar-refractivity contribution in [2.45, 2.75) is 19.9 Å². The smallest absolute Gasteiger partial charge is 0.253 e. The summed E-state index contributed by atoms with van der Waals surface area (Å²) in [5.41, 5.74) is 6.03. The summed E-state index contributed by atoms with van der Waals surface area (Å²) in [5, 5.41) is 5.80. The lowest BCUT2D eigenvalue weighted by Crippen LogP contribution is -2.47. The molecule has 0 aromatic heterocycles. The molecular formula is C19H19Cl2N3O3. The molecule has 2 aromatic rings. The average molecular weight is 408 g/mol. The number of rotatable bonds is 6. The van der Waals surface area contributed by atoms with Gasteiger partial charge in [0.15, 0.2) is 0 Å². The molecule has 0 spiro atoms. The number of anilines is 1. The normalized spacial score (nSPS) is 11.7. The van der Waals surface area contributed by atoms with Crippen molar-refractivity contribution in [1.29, 1.82) is 0 Å². The Morgan fingerprint density at radius 3 is 2.19 bits per heavy atom. The molecule has 2 aromatic carbocycles. The number of nitrogens with two attached hydrogens (primary N) is 1. The second kappa shape index (κ2) is 8.88. The molecular weight excluding hydrogens is 389 g/mol. The number of primary amides is 1. The van der Waals surface area contributed by atoms with Gasteiger partial charge in [0, 0.05) is 5.69 Å². The number of nitrogens with one attached hydrogen (secondary N) is 2. The zero-order valence-corrected chi connectivity index (χ0v) is 16.3. The number of hydrogen-bond acceptors (Lipinski definition) is 3. The van der Waals surface area contributed by atoms with E-state index in [2.05, 4.69) is 10.6 Å². The fourth-order valence-corrected chi connectivity index (χ4v) is 2.91. The lowest BCUT2D eigenvalue weighted by Gasteiger charge is -2.22. The van der Waals surface area contributed by atoms with Crippen LogP contribution in [0.1, 0.15) is 34.6 Å². The molecule has 1 atom stereocenters. The monoisotopic (exact) mass is 407 g/mol. The van der Waals surface area contributed by atoms with Gasteiger partial charge in [0.05, 0.1) is 21.2 Å². The Balaban J connectivity index is 2.16. The molecule has 0 fully saturated rings. The molecule has 142 valence electrons. The van der Waals surface area contributed by atoms with Gasteiger partial charge in [-0.25, -0.2) is 0 Å². The topological polar surface area (TPSA) is 101 Å². The molecule has 4 N–H and O–H groups in total. The number of halogens is 2. The molecule has 27 heavy (non-hydrogen) atoms. The molecule has 0 aliphatic heterocycles. The van der Waals surface area contributed by atoms with Crippen LogP contribution in [-0.2, 0) is 4.79 Å². The first-order chi connectivity index (χ1) is 12.7. The fourth-order valence-electron chi connectivity index (χ4n) is 2.41. The summed E-state index contributed by atoms with van der Waals surface area (Å²) in [4.78, 5) is 36.3. The zero-order chi connectivity index (χ0) is 20.1. The second-order valence-corrected chi connectivity index (χ2v) is 7.04. The van der Waals surface area contributed by atoms with E-state index in [9.17, 15) is 14.4 Å². The summed E-state index contributed by atoms with van der Waals surface area (Å²) in [6.45, 7) is 3.61. The molecule has 0 aliphatic rings. The molecule has 0 saturated carbocycles. The summed E-state index contributed by atoms with van der Waals surface area (Å²) < 4.78 is 0. The third kappa shape index (κ3) is 5.21. The Hall–Kier alpha value is -2.57. The Labute approximate surface area is 167 Å². The van der Waals surface area contributed by atoms with Gasteiger partial charge in [-0.15, -0.1) is 0 Å². The van der Waals surface area contributed by atoms with E-state index < -0.39 is 23.8 Å². The van der Waals surface area contributed by atoms with Gasteiger partial charge in [-0.3, -0.25) is 14.4 Å². The molecule has 0 aliphatic carbocycles. The van der Waals surface area contributed by atoms with Crippen LogP contribution in [0.4, 0.5) is 5.69 Å². The molecule has 2 rings (SSSR count). The predicted octanol–water partition coefficient (Wildman–Crippen LogP) is 3.49. The van der Waals surface area contributed by atoms with Crippen LogP contribution in [0.25, 0.3) is 0 Å². The minimum Gasteiger partial charge on any atom is -0.366 e. The van der Waals surface area contributed by atoms with Crippen molar-refractivity contribution >= 4 is 46.6 Å². The van der Waals surface area contributed by atoms with Crippen LogP contribution >= 0.6 is 23.2 Å². The minimum absolute atomic E-state index is 0.126. The number of carbonyl (C=O) groups excluding carboxylic acids is 3. The van der Waals surface area contributed by atoms with Crippen LogP contribution in [0.3, 0.4) is 0 Å². The van der Waals surface area contributed by atoms with Crippen molar-refractivity contribution in [3.05, 3.63) is 63.6 Å². The van der Waals surface area contributed by atoms with Crippen LogP contribution < -0.4 is 16.4 Å². The largest absolute Gasteiger partial charge is 0.366 e. The second-order valence-electron chi connectivity index (χ2n) is 6.22. The van der Waals surface area contributed by atoms with E-state index in [4.69, 9.17) is 28.9 Å². The first-order valence-corrected chi connectivity index (χ1v) is 8.92. The van der Waals surface area contributed by atoms with Gasteiger partial charge in [0.2, 0.25) is 11.8 Å².